The standard InChI is InChI=1S/C13H17NOS/c1-13(2)10-12(14-15-13)16-9-8-11-6-4-3-5-7-11/h3-7H,8-10H2,1-2H3. The van der Waals surface area contributed by atoms with Crippen molar-refractivity contribution in [2.45, 2.75) is 32.3 Å². The van der Waals surface area contributed by atoms with E-state index in [0.29, 0.717) is 0 Å². The fourth-order valence-electron chi connectivity index (χ4n) is 1.61. The number of benzene rings is 1. The topological polar surface area (TPSA) is 21.6 Å². The largest absolute Gasteiger partial charge is 0.389 e. The van der Waals surface area contributed by atoms with Crippen LogP contribution in [0.1, 0.15) is 25.8 Å². The van der Waals surface area contributed by atoms with Gasteiger partial charge in [-0.25, -0.2) is 0 Å². The van der Waals surface area contributed by atoms with Crippen molar-refractivity contribution in [3.63, 3.8) is 0 Å². The molecular formula is C13H17NOS. The number of thioether (sulfide) groups is 1. The third kappa shape index (κ3) is 3.27. The third-order valence-corrected chi connectivity index (χ3v) is 3.43. The summed E-state index contributed by atoms with van der Waals surface area (Å²) in [5.41, 5.74) is 1.28. The molecule has 0 N–H and O–H groups in total. The molecule has 1 aliphatic heterocycles. The molecule has 0 aromatic heterocycles. The normalized spacial score (nSPS) is 18.0. The van der Waals surface area contributed by atoms with Gasteiger partial charge in [0, 0.05) is 12.2 Å². The molecule has 0 aliphatic carbocycles. The molecule has 0 fully saturated rings. The Balaban J connectivity index is 1.74. The van der Waals surface area contributed by atoms with Crippen molar-refractivity contribution in [3.8, 4) is 0 Å². The second-order valence-electron chi connectivity index (χ2n) is 4.60. The number of hydrogen-bond donors (Lipinski definition) is 0. The van der Waals surface area contributed by atoms with Gasteiger partial charge in [-0.05, 0) is 25.8 Å². The highest BCUT2D eigenvalue weighted by Crippen LogP contribution is 2.27. The maximum absolute atomic E-state index is 5.32. The van der Waals surface area contributed by atoms with Gasteiger partial charge in [-0.3, -0.25) is 0 Å². The fourth-order valence-corrected chi connectivity index (χ4v) is 2.72. The molecule has 0 amide bonds. The van der Waals surface area contributed by atoms with E-state index in [2.05, 4.69) is 43.3 Å². The summed E-state index contributed by atoms with van der Waals surface area (Å²) in [4.78, 5) is 5.32. The van der Waals surface area contributed by atoms with E-state index in [-0.39, 0.29) is 5.60 Å². The summed E-state index contributed by atoms with van der Waals surface area (Å²) in [7, 11) is 0. The molecule has 1 aromatic carbocycles. The van der Waals surface area contributed by atoms with Crippen LogP contribution in [0.5, 0.6) is 0 Å². The number of hydrogen-bond acceptors (Lipinski definition) is 3. The lowest BCUT2D eigenvalue weighted by molar-refractivity contribution is 0.0123. The van der Waals surface area contributed by atoms with Crippen molar-refractivity contribution in [1.29, 1.82) is 0 Å². The quantitative estimate of drug-likeness (QED) is 0.800. The van der Waals surface area contributed by atoms with Crippen LogP contribution in [0.3, 0.4) is 0 Å². The maximum atomic E-state index is 5.32. The van der Waals surface area contributed by atoms with Gasteiger partial charge in [0.15, 0.2) is 0 Å². The van der Waals surface area contributed by atoms with Crippen LogP contribution in [-0.4, -0.2) is 16.4 Å². The minimum absolute atomic E-state index is 0.102. The lowest BCUT2D eigenvalue weighted by Gasteiger charge is -2.12. The minimum atomic E-state index is -0.102. The van der Waals surface area contributed by atoms with Crippen molar-refractivity contribution in [2.24, 2.45) is 5.16 Å². The van der Waals surface area contributed by atoms with Gasteiger partial charge in [0.1, 0.15) is 10.6 Å². The molecule has 1 heterocycles. The second-order valence-corrected chi connectivity index (χ2v) is 5.77. The Bertz CT molecular complexity index is 373. The summed E-state index contributed by atoms with van der Waals surface area (Å²) in [5, 5.41) is 5.23. The van der Waals surface area contributed by atoms with E-state index in [1.807, 2.05) is 6.07 Å². The second kappa shape index (κ2) is 4.91. The molecule has 2 rings (SSSR count). The smallest absolute Gasteiger partial charge is 0.138 e. The summed E-state index contributed by atoms with van der Waals surface area (Å²) in [6.07, 6.45) is 2.03. The van der Waals surface area contributed by atoms with Crippen LogP contribution in [0.2, 0.25) is 0 Å². The van der Waals surface area contributed by atoms with E-state index in [4.69, 9.17) is 4.84 Å². The molecule has 1 aliphatic rings. The SMILES string of the molecule is CC1(C)CC(SCCc2ccccc2)=NO1. The first-order chi connectivity index (χ1) is 7.66. The summed E-state index contributed by atoms with van der Waals surface area (Å²) in [6.45, 7) is 4.14. The molecule has 0 spiro atoms. The van der Waals surface area contributed by atoms with Crippen molar-refractivity contribution in [3.05, 3.63) is 35.9 Å². The molecule has 0 bridgehead atoms. The minimum Gasteiger partial charge on any atom is -0.389 e. The van der Waals surface area contributed by atoms with Gasteiger partial charge in [-0.1, -0.05) is 35.5 Å². The van der Waals surface area contributed by atoms with E-state index in [9.17, 15) is 0 Å². The number of oxime groups is 1. The van der Waals surface area contributed by atoms with Crippen LogP contribution in [0, 0.1) is 0 Å². The molecule has 0 saturated heterocycles. The molecule has 0 radical (unpaired) electrons. The van der Waals surface area contributed by atoms with E-state index < -0.39 is 0 Å². The van der Waals surface area contributed by atoms with Gasteiger partial charge in [0.25, 0.3) is 0 Å². The number of nitrogens with zero attached hydrogens (tertiary/aromatic N) is 1. The molecule has 16 heavy (non-hydrogen) atoms. The molecule has 0 saturated carbocycles. The molecule has 2 nitrogen and oxygen atoms in total. The molecule has 1 aromatic rings. The maximum Gasteiger partial charge on any atom is 0.138 e. The van der Waals surface area contributed by atoms with Gasteiger partial charge < -0.3 is 4.84 Å². The van der Waals surface area contributed by atoms with Crippen LogP contribution in [-0.2, 0) is 11.3 Å². The predicted molar refractivity (Wildman–Crippen MR) is 69.8 cm³/mol. The zero-order valence-electron chi connectivity index (χ0n) is 9.77. The van der Waals surface area contributed by atoms with Crippen molar-refractivity contribution >= 4 is 16.8 Å². The van der Waals surface area contributed by atoms with Crippen LogP contribution in [0.4, 0.5) is 0 Å². The van der Waals surface area contributed by atoms with Crippen LogP contribution in [0.15, 0.2) is 35.5 Å². The number of aryl methyl sites for hydroxylation is 1. The van der Waals surface area contributed by atoms with Gasteiger partial charge in [-0.15, -0.1) is 11.8 Å². The van der Waals surface area contributed by atoms with Gasteiger partial charge in [-0.2, -0.15) is 0 Å². The third-order valence-electron chi connectivity index (χ3n) is 2.47. The highest BCUT2D eigenvalue weighted by Gasteiger charge is 2.28. The lowest BCUT2D eigenvalue weighted by Crippen LogP contribution is -2.18. The Labute approximate surface area is 101 Å². The summed E-state index contributed by atoms with van der Waals surface area (Å²) < 4.78 is 0. The zero-order chi connectivity index (χ0) is 11.4. The molecule has 0 unspecified atom stereocenters. The Hall–Kier alpha value is -0.960. The van der Waals surface area contributed by atoms with E-state index in [0.717, 1.165) is 23.6 Å². The van der Waals surface area contributed by atoms with Gasteiger partial charge in [0.05, 0.1) is 0 Å². The Kier molecular flexibility index (Phi) is 3.54. The van der Waals surface area contributed by atoms with Gasteiger partial charge in [0.2, 0.25) is 0 Å². The van der Waals surface area contributed by atoms with E-state index in [1.54, 1.807) is 11.8 Å². The first-order valence-electron chi connectivity index (χ1n) is 5.57. The zero-order valence-corrected chi connectivity index (χ0v) is 10.6. The van der Waals surface area contributed by atoms with E-state index >= 15 is 0 Å². The summed E-state index contributed by atoms with van der Waals surface area (Å²) in [6, 6.07) is 10.5. The van der Waals surface area contributed by atoms with E-state index in [1.165, 1.54) is 5.56 Å². The first kappa shape index (κ1) is 11.5. The van der Waals surface area contributed by atoms with Crippen molar-refractivity contribution in [1.82, 2.24) is 0 Å². The first-order valence-corrected chi connectivity index (χ1v) is 6.56. The highest BCUT2D eigenvalue weighted by molar-refractivity contribution is 8.13. The number of rotatable bonds is 3. The summed E-state index contributed by atoms with van der Waals surface area (Å²) >= 11 is 1.81. The lowest BCUT2D eigenvalue weighted by atomic mass is 10.1. The van der Waals surface area contributed by atoms with Crippen molar-refractivity contribution in [2.75, 3.05) is 5.75 Å². The fraction of sp³-hybridized carbons (Fsp3) is 0.462. The molecule has 86 valence electrons. The molecule has 0 atom stereocenters. The average molecular weight is 235 g/mol. The summed E-state index contributed by atoms with van der Waals surface area (Å²) in [5.74, 6) is 1.07. The Morgan fingerprint density at radius 2 is 2.06 bits per heavy atom. The van der Waals surface area contributed by atoms with Crippen LogP contribution in [0.25, 0.3) is 0 Å². The van der Waals surface area contributed by atoms with Gasteiger partial charge >= 0.3 is 0 Å². The highest BCUT2D eigenvalue weighted by atomic mass is 32.2. The molecular weight excluding hydrogens is 218 g/mol. The Morgan fingerprint density at radius 1 is 1.31 bits per heavy atom. The monoisotopic (exact) mass is 235 g/mol. The average Bonchev–Trinajstić information content (AvgIpc) is 2.60. The Morgan fingerprint density at radius 3 is 2.69 bits per heavy atom. The predicted octanol–water partition coefficient (Wildman–Crippen LogP) is 3.47. The van der Waals surface area contributed by atoms with Crippen molar-refractivity contribution < 1.29 is 4.84 Å². The van der Waals surface area contributed by atoms with Crippen LogP contribution < -0.4 is 0 Å². The van der Waals surface area contributed by atoms with Crippen LogP contribution >= 0.6 is 11.8 Å². The molecule has 3 heteroatoms.